The molecule has 2 aliphatic rings. The van der Waals surface area contributed by atoms with Crippen molar-refractivity contribution in [1.82, 2.24) is 0 Å². The van der Waals surface area contributed by atoms with Gasteiger partial charge in [0.2, 0.25) is 5.75 Å². The highest BCUT2D eigenvalue weighted by Crippen LogP contribution is 2.56. The zero-order chi connectivity index (χ0) is 23.0. The fourth-order valence-electron chi connectivity index (χ4n) is 4.83. The van der Waals surface area contributed by atoms with E-state index in [4.69, 9.17) is 18.9 Å². The number of carbonyl (C=O) groups excluding carboxylic acids is 1. The molecule has 4 rings (SSSR count). The summed E-state index contributed by atoms with van der Waals surface area (Å²) in [5, 5.41) is 9.82. The minimum atomic E-state index is -0.796. The Morgan fingerprint density at radius 3 is 2.38 bits per heavy atom. The van der Waals surface area contributed by atoms with Crippen LogP contribution >= 0.6 is 0 Å². The lowest BCUT2D eigenvalue weighted by Gasteiger charge is -2.28. The summed E-state index contributed by atoms with van der Waals surface area (Å²) in [4.78, 5) is 24.0. The summed E-state index contributed by atoms with van der Waals surface area (Å²) < 4.78 is 22.7. The normalized spacial score (nSPS) is 16.8. The molecule has 1 unspecified atom stereocenters. The van der Waals surface area contributed by atoms with Crippen LogP contribution < -0.4 is 14.2 Å². The number of carboxylic acid groups (broad SMARTS) is 1. The molecule has 1 atom stereocenters. The van der Waals surface area contributed by atoms with Gasteiger partial charge in [-0.15, -0.1) is 0 Å². The second-order valence-corrected chi connectivity index (χ2v) is 8.80. The zero-order valence-electron chi connectivity index (χ0n) is 18.8. The summed E-state index contributed by atoms with van der Waals surface area (Å²) in [5.74, 6) is -0.229. The number of hydrogen-bond acceptors (Lipinski definition) is 6. The molecule has 0 saturated heterocycles. The van der Waals surface area contributed by atoms with Gasteiger partial charge in [-0.25, -0.2) is 4.79 Å². The first-order chi connectivity index (χ1) is 15.3. The first kappa shape index (κ1) is 22.0. The number of benzene rings is 2. The van der Waals surface area contributed by atoms with E-state index in [0.29, 0.717) is 22.8 Å². The predicted octanol–water partition coefficient (Wildman–Crippen LogP) is 4.56. The fraction of sp³-hybridized carbons (Fsp3) is 0.440. The summed E-state index contributed by atoms with van der Waals surface area (Å²) in [6.07, 6.45) is 1.60. The maximum atomic E-state index is 12.1. The topological polar surface area (TPSA) is 91.3 Å². The van der Waals surface area contributed by atoms with Gasteiger partial charge in [0.1, 0.15) is 6.61 Å². The second kappa shape index (κ2) is 8.37. The molecular weight excluding hydrogens is 412 g/mol. The third kappa shape index (κ3) is 3.66. The van der Waals surface area contributed by atoms with Crippen molar-refractivity contribution in [3.05, 3.63) is 41.5 Å². The number of methoxy groups -OCH3 is 2. The third-order valence-electron chi connectivity index (χ3n) is 6.52. The maximum Gasteiger partial charge on any atom is 0.338 e. The van der Waals surface area contributed by atoms with Crippen LogP contribution in [0.2, 0.25) is 0 Å². The van der Waals surface area contributed by atoms with E-state index >= 15 is 0 Å². The summed E-state index contributed by atoms with van der Waals surface area (Å²) in [5.41, 5.74) is 2.47. The molecule has 1 N–H and O–H groups in total. The third-order valence-corrected chi connectivity index (χ3v) is 6.52. The van der Waals surface area contributed by atoms with Gasteiger partial charge in [-0.05, 0) is 42.5 Å². The number of aliphatic carboxylic acids is 1. The van der Waals surface area contributed by atoms with Crippen LogP contribution in [0, 0.1) is 17.3 Å². The number of cyclic esters (lactones) is 1. The average molecular weight is 440 g/mol. The molecule has 170 valence electrons. The Morgan fingerprint density at radius 1 is 1.06 bits per heavy atom. The van der Waals surface area contributed by atoms with Gasteiger partial charge in [0, 0.05) is 16.5 Å². The number of hydrogen-bond donors (Lipinski definition) is 1. The minimum absolute atomic E-state index is 0.00849. The molecule has 1 aliphatic heterocycles. The Bertz CT molecular complexity index is 1050. The Labute approximate surface area is 187 Å². The highest BCUT2D eigenvalue weighted by molar-refractivity contribution is 5.96. The van der Waals surface area contributed by atoms with Gasteiger partial charge < -0.3 is 24.1 Å². The van der Waals surface area contributed by atoms with E-state index in [1.807, 2.05) is 32.0 Å². The van der Waals surface area contributed by atoms with Crippen molar-refractivity contribution in [2.75, 3.05) is 20.8 Å². The Kier molecular flexibility index (Phi) is 5.75. The first-order valence-electron chi connectivity index (χ1n) is 10.7. The molecule has 0 amide bonds. The standard InChI is InChI=1S/C25H28O7/c1-14(2)20(23(26)27)25(10-11-25)13-32-21-16(8-9-19(29-3)22(21)30-4)15-6-5-7-17-18(15)12-31-24(17)28/h5-9,14,20H,10-13H2,1-4H3,(H,26,27). The zero-order valence-corrected chi connectivity index (χ0v) is 18.8. The molecule has 1 heterocycles. The monoisotopic (exact) mass is 440 g/mol. The van der Waals surface area contributed by atoms with Crippen molar-refractivity contribution in [1.29, 1.82) is 0 Å². The molecule has 7 heteroatoms. The SMILES string of the molecule is COc1ccc(-c2cccc3c2COC3=O)c(OCC2(C(C(=O)O)C(C)C)CC2)c1OC. The highest BCUT2D eigenvalue weighted by Gasteiger charge is 2.54. The maximum absolute atomic E-state index is 12.1. The van der Waals surface area contributed by atoms with Crippen molar-refractivity contribution < 1.29 is 33.6 Å². The van der Waals surface area contributed by atoms with E-state index in [9.17, 15) is 14.7 Å². The van der Waals surface area contributed by atoms with Crippen LogP contribution in [0.5, 0.6) is 17.2 Å². The van der Waals surface area contributed by atoms with Gasteiger partial charge in [0.25, 0.3) is 0 Å². The van der Waals surface area contributed by atoms with Crippen molar-refractivity contribution >= 4 is 11.9 Å². The van der Waals surface area contributed by atoms with Crippen molar-refractivity contribution in [2.45, 2.75) is 33.3 Å². The van der Waals surface area contributed by atoms with Gasteiger partial charge >= 0.3 is 11.9 Å². The second-order valence-electron chi connectivity index (χ2n) is 8.80. The molecule has 1 fully saturated rings. The molecule has 0 radical (unpaired) electrons. The van der Waals surface area contributed by atoms with Crippen LogP contribution in [-0.2, 0) is 16.1 Å². The predicted molar refractivity (Wildman–Crippen MR) is 117 cm³/mol. The summed E-state index contributed by atoms with van der Waals surface area (Å²) in [7, 11) is 3.09. The Morgan fingerprint density at radius 2 is 1.78 bits per heavy atom. The number of carboxylic acids is 1. The van der Waals surface area contributed by atoms with Gasteiger partial charge in [0.15, 0.2) is 11.5 Å². The van der Waals surface area contributed by atoms with E-state index in [1.54, 1.807) is 19.2 Å². The largest absolute Gasteiger partial charge is 0.493 e. The lowest BCUT2D eigenvalue weighted by atomic mass is 9.81. The molecule has 0 spiro atoms. The van der Waals surface area contributed by atoms with Crippen molar-refractivity contribution in [3.8, 4) is 28.4 Å². The van der Waals surface area contributed by atoms with Crippen LogP contribution in [0.4, 0.5) is 0 Å². The smallest absolute Gasteiger partial charge is 0.338 e. The van der Waals surface area contributed by atoms with E-state index in [0.717, 1.165) is 29.5 Å². The number of esters is 1. The van der Waals surface area contributed by atoms with Gasteiger partial charge in [-0.2, -0.15) is 0 Å². The van der Waals surface area contributed by atoms with Crippen LogP contribution in [0.15, 0.2) is 30.3 Å². The average Bonchev–Trinajstić information content (AvgIpc) is 3.44. The van der Waals surface area contributed by atoms with Crippen LogP contribution in [0.25, 0.3) is 11.1 Å². The highest BCUT2D eigenvalue weighted by atomic mass is 16.5. The lowest BCUT2D eigenvalue weighted by molar-refractivity contribution is -0.147. The molecule has 7 nitrogen and oxygen atoms in total. The van der Waals surface area contributed by atoms with Crippen molar-refractivity contribution in [3.63, 3.8) is 0 Å². The minimum Gasteiger partial charge on any atom is -0.493 e. The van der Waals surface area contributed by atoms with E-state index < -0.39 is 17.3 Å². The van der Waals surface area contributed by atoms with Crippen LogP contribution in [0.3, 0.4) is 0 Å². The molecule has 2 aromatic carbocycles. The Balaban J connectivity index is 1.77. The van der Waals surface area contributed by atoms with Crippen LogP contribution in [0.1, 0.15) is 42.6 Å². The first-order valence-corrected chi connectivity index (χ1v) is 10.7. The quantitative estimate of drug-likeness (QED) is 0.572. The van der Waals surface area contributed by atoms with Crippen LogP contribution in [-0.4, -0.2) is 37.9 Å². The molecule has 1 aliphatic carbocycles. The number of carbonyl (C=O) groups is 2. The fourth-order valence-corrected chi connectivity index (χ4v) is 4.83. The van der Waals surface area contributed by atoms with Gasteiger partial charge in [0.05, 0.1) is 32.3 Å². The molecule has 2 aromatic rings. The summed E-state index contributed by atoms with van der Waals surface area (Å²) in [6.45, 7) is 4.31. The number of ether oxygens (including phenoxy) is 4. The van der Waals surface area contributed by atoms with Gasteiger partial charge in [-0.1, -0.05) is 26.0 Å². The number of fused-ring (bicyclic) bond motifs is 1. The Hall–Kier alpha value is -3.22. The summed E-state index contributed by atoms with van der Waals surface area (Å²) in [6, 6.07) is 9.12. The molecule has 32 heavy (non-hydrogen) atoms. The molecule has 1 saturated carbocycles. The molecular formula is C25H28O7. The number of rotatable bonds is 9. The lowest BCUT2D eigenvalue weighted by Crippen LogP contribution is -2.33. The summed E-state index contributed by atoms with van der Waals surface area (Å²) >= 11 is 0. The van der Waals surface area contributed by atoms with Gasteiger partial charge in [-0.3, -0.25) is 4.79 Å². The van der Waals surface area contributed by atoms with Crippen molar-refractivity contribution in [2.24, 2.45) is 17.3 Å². The molecule has 0 aromatic heterocycles. The van der Waals surface area contributed by atoms with E-state index in [2.05, 4.69) is 0 Å². The molecule has 0 bridgehead atoms. The van der Waals surface area contributed by atoms with E-state index in [-0.39, 0.29) is 25.1 Å². The van der Waals surface area contributed by atoms with E-state index in [1.165, 1.54) is 7.11 Å².